The number of nitrogens with zero attached hydrogens (tertiary/aromatic N) is 1. The number of ketones is 3. The van der Waals surface area contributed by atoms with Gasteiger partial charge in [-0.05, 0) is 43.7 Å². The summed E-state index contributed by atoms with van der Waals surface area (Å²) in [6.07, 6.45) is 1.86. The number of hydrogen-bond acceptors (Lipinski definition) is 10. The van der Waals surface area contributed by atoms with Crippen LogP contribution in [0, 0.1) is 5.92 Å². The molecule has 0 aliphatic carbocycles. The van der Waals surface area contributed by atoms with Crippen LogP contribution in [0.2, 0.25) is 0 Å². The molecule has 2 aliphatic heterocycles. The molecular formula is C25H33N3O7. The predicted octanol–water partition coefficient (Wildman–Crippen LogP) is 1.37. The number of fused-ring (bicyclic) bond motifs is 1. The van der Waals surface area contributed by atoms with Crippen molar-refractivity contribution in [1.29, 1.82) is 0 Å². The number of aryl methyl sites for hydroxylation is 1. The van der Waals surface area contributed by atoms with E-state index < -0.39 is 29.4 Å². The number of aromatic hydroxyl groups is 1. The lowest BCUT2D eigenvalue weighted by Crippen LogP contribution is -2.35. The van der Waals surface area contributed by atoms with Gasteiger partial charge in [0.05, 0.1) is 0 Å². The molecule has 2 heterocycles. The minimum atomic E-state index is -0.981. The van der Waals surface area contributed by atoms with Crippen LogP contribution in [-0.4, -0.2) is 73.2 Å². The number of nitrogens with one attached hydrogen (secondary N) is 2. The molecular weight excluding hydrogens is 454 g/mol. The highest BCUT2D eigenvalue weighted by molar-refractivity contribution is 6.63. The van der Waals surface area contributed by atoms with Crippen LogP contribution in [-0.2, 0) is 25.5 Å². The van der Waals surface area contributed by atoms with Gasteiger partial charge in [0.25, 0.3) is 5.78 Å². The Balaban J connectivity index is 1.72. The third kappa shape index (κ3) is 7.43. The van der Waals surface area contributed by atoms with E-state index in [1.165, 1.54) is 6.07 Å². The fraction of sp³-hybridized carbons (Fsp3) is 0.560. The van der Waals surface area contributed by atoms with Crippen molar-refractivity contribution in [3.63, 3.8) is 0 Å². The molecule has 2 unspecified atom stereocenters. The molecule has 10 nitrogen and oxygen atoms in total. The highest BCUT2D eigenvalue weighted by Crippen LogP contribution is 2.31. The van der Waals surface area contributed by atoms with Crippen LogP contribution in [0.15, 0.2) is 17.1 Å². The highest BCUT2D eigenvalue weighted by atomic mass is 16.5. The Morgan fingerprint density at radius 2 is 1.91 bits per heavy atom. The number of Topliss-reactive ketones (excluding diaryl/α,β-unsaturated/α-hetero) is 3. The summed E-state index contributed by atoms with van der Waals surface area (Å²) in [6.45, 7) is 5.78. The van der Waals surface area contributed by atoms with E-state index in [4.69, 9.17) is 9.47 Å². The van der Waals surface area contributed by atoms with Crippen molar-refractivity contribution in [3.05, 3.63) is 23.3 Å². The third-order valence-electron chi connectivity index (χ3n) is 6.27. The van der Waals surface area contributed by atoms with E-state index in [0.29, 0.717) is 37.4 Å². The van der Waals surface area contributed by atoms with Crippen LogP contribution in [0.5, 0.6) is 11.5 Å². The topological polar surface area (TPSA) is 143 Å². The third-order valence-corrected chi connectivity index (χ3v) is 6.27. The average molecular weight is 488 g/mol. The Kier molecular flexibility index (Phi) is 9.50. The van der Waals surface area contributed by atoms with Crippen LogP contribution in [0.4, 0.5) is 0 Å². The fourth-order valence-electron chi connectivity index (χ4n) is 3.96. The quantitative estimate of drug-likeness (QED) is 0.308. The Morgan fingerprint density at radius 1 is 1.14 bits per heavy atom. The minimum absolute atomic E-state index is 0.0200. The number of hydrogen-bond donors (Lipinski definition) is 3. The number of esters is 1. The van der Waals surface area contributed by atoms with Gasteiger partial charge in [-0.25, -0.2) is 4.79 Å². The largest absolute Gasteiger partial charge is 0.507 e. The van der Waals surface area contributed by atoms with Crippen LogP contribution in [0.25, 0.3) is 0 Å². The van der Waals surface area contributed by atoms with Crippen molar-refractivity contribution in [2.24, 2.45) is 10.9 Å². The molecule has 0 aromatic heterocycles. The number of cyclic esters (lactones) is 1. The van der Waals surface area contributed by atoms with E-state index in [2.05, 4.69) is 15.6 Å². The van der Waals surface area contributed by atoms with Crippen molar-refractivity contribution in [2.45, 2.75) is 58.2 Å². The first-order valence-corrected chi connectivity index (χ1v) is 12.0. The molecule has 1 aromatic rings. The molecule has 1 aromatic carbocycles. The summed E-state index contributed by atoms with van der Waals surface area (Å²) >= 11 is 0. The summed E-state index contributed by atoms with van der Waals surface area (Å²) in [5.74, 6) is -3.24. The van der Waals surface area contributed by atoms with Gasteiger partial charge >= 0.3 is 5.97 Å². The summed E-state index contributed by atoms with van der Waals surface area (Å²) in [7, 11) is 0. The van der Waals surface area contributed by atoms with Crippen LogP contribution < -0.4 is 15.4 Å². The summed E-state index contributed by atoms with van der Waals surface area (Å²) < 4.78 is 11.3. The van der Waals surface area contributed by atoms with Gasteiger partial charge < -0.3 is 19.9 Å². The molecule has 0 amide bonds. The monoisotopic (exact) mass is 487 g/mol. The van der Waals surface area contributed by atoms with E-state index in [1.807, 2.05) is 6.21 Å². The van der Waals surface area contributed by atoms with E-state index in [-0.39, 0.29) is 49.1 Å². The number of carbonyl (C=O) groups is 4. The van der Waals surface area contributed by atoms with Gasteiger partial charge in [0.1, 0.15) is 35.9 Å². The normalized spacial score (nSPS) is 24.1. The first-order chi connectivity index (χ1) is 16.8. The number of benzene rings is 1. The zero-order chi connectivity index (χ0) is 25.4. The average Bonchev–Trinajstić information content (AvgIpc) is 3.34. The number of rotatable bonds is 6. The number of phenolic OH excluding ortho intramolecular Hbond substituents is 1. The number of carbonyl (C=O) groups excluding carboxylic acids is 4. The molecule has 190 valence electrons. The van der Waals surface area contributed by atoms with Crippen molar-refractivity contribution in [3.8, 4) is 11.5 Å². The molecule has 35 heavy (non-hydrogen) atoms. The second kappa shape index (κ2) is 12.6. The maximum atomic E-state index is 12.9. The molecule has 3 rings (SSSR count). The van der Waals surface area contributed by atoms with Crippen molar-refractivity contribution >= 4 is 29.5 Å². The molecule has 0 saturated heterocycles. The molecule has 10 heteroatoms. The maximum absolute atomic E-state index is 12.9. The van der Waals surface area contributed by atoms with Crippen LogP contribution in [0.3, 0.4) is 0 Å². The van der Waals surface area contributed by atoms with Gasteiger partial charge in [-0.3, -0.25) is 24.7 Å². The summed E-state index contributed by atoms with van der Waals surface area (Å²) in [4.78, 5) is 53.6. The van der Waals surface area contributed by atoms with Crippen LogP contribution >= 0.6 is 0 Å². The number of ether oxygens (including phenoxy) is 2. The molecule has 3 N–H and O–H groups in total. The van der Waals surface area contributed by atoms with E-state index >= 15 is 0 Å². The molecule has 0 spiro atoms. The number of aliphatic imine (C=N–C) groups is 1. The molecule has 2 aliphatic rings. The Hall–Kier alpha value is -3.11. The standard InChI is InChI=1S/C25H33N3O7/c1-15-6-7-20(30)24(32)19(29)5-3-4-17-12-18(13-21(31)23(17)25(33)35-16(15)2)34-11-10-26-14-22-27-8-9-28-22/h8,12-13,15-16,22,26,28,31H,3-7,9-11,14H2,1-2H3/t15-,16?,22?/m1/s1. The molecule has 0 saturated carbocycles. The van der Waals surface area contributed by atoms with E-state index in [1.54, 1.807) is 19.9 Å². The number of phenols is 1. The van der Waals surface area contributed by atoms with Gasteiger partial charge in [0.2, 0.25) is 11.6 Å². The van der Waals surface area contributed by atoms with Gasteiger partial charge in [0, 0.05) is 44.8 Å². The molecule has 3 atom stereocenters. The molecule has 0 bridgehead atoms. The zero-order valence-electron chi connectivity index (χ0n) is 20.2. The van der Waals surface area contributed by atoms with Crippen molar-refractivity contribution in [1.82, 2.24) is 10.6 Å². The lowest BCUT2D eigenvalue weighted by molar-refractivity contribution is -0.144. The molecule has 0 radical (unpaired) electrons. The first-order valence-electron chi connectivity index (χ1n) is 12.0. The van der Waals surface area contributed by atoms with Gasteiger partial charge in [0.15, 0.2) is 0 Å². The van der Waals surface area contributed by atoms with Crippen LogP contribution in [0.1, 0.15) is 55.5 Å². The zero-order valence-corrected chi connectivity index (χ0v) is 20.2. The van der Waals surface area contributed by atoms with E-state index in [0.717, 1.165) is 6.54 Å². The van der Waals surface area contributed by atoms with Gasteiger partial charge in [-0.2, -0.15) is 0 Å². The van der Waals surface area contributed by atoms with Gasteiger partial charge in [-0.1, -0.05) is 6.92 Å². The fourth-order valence-corrected chi connectivity index (χ4v) is 3.96. The van der Waals surface area contributed by atoms with Crippen molar-refractivity contribution < 1.29 is 33.8 Å². The summed E-state index contributed by atoms with van der Waals surface area (Å²) in [5, 5.41) is 17.1. The second-order valence-corrected chi connectivity index (χ2v) is 8.94. The second-order valence-electron chi connectivity index (χ2n) is 8.94. The maximum Gasteiger partial charge on any atom is 0.342 e. The molecule has 0 fully saturated rings. The lowest BCUT2D eigenvalue weighted by atomic mass is 9.94. The highest BCUT2D eigenvalue weighted by Gasteiger charge is 2.28. The predicted molar refractivity (Wildman–Crippen MR) is 128 cm³/mol. The smallest absolute Gasteiger partial charge is 0.342 e. The summed E-state index contributed by atoms with van der Waals surface area (Å²) in [5.41, 5.74) is 0.470. The van der Waals surface area contributed by atoms with E-state index in [9.17, 15) is 24.3 Å². The van der Waals surface area contributed by atoms with Crippen molar-refractivity contribution in [2.75, 3.05) is 26.2 Å². The Labute approximate surface area is 204 Å². The summed E-state index contributed by atoms with van der Waals surface area (Å²) in [6, 6.07) is 3.00. The minimum Gasteiger partial charge on any atom is -0.507 e. The Morgan fingerprint density at radius 3 is 2.66 bits per heavy atom. The van der Waals surface area contributed by atoms with Gasteiger partial charge in [-0.15, -0.1) is 0 Å². The lowest BCUT2D eigenvalue weighted by Gasteiger charge is -2.22. The Bertz CT molecular complexity index is 992. The SMILES string of the molecule is CC1OC(=O)c2c(O)cc(OCCNCC3N=CCN3)cc2CCCC(=O)C(=O)C(=O)CC[C@H]1C. The first kappa shape index (κ1) is 26.5.